The molecule has 1 atom stereocenters. The Balaban J connectivity index is 1.46. The number of nitrogens with one attached hydrogen (secondary N) is 1. The maximum absolute atomic E-state index is 13.5. The number of hydrogen-bond donors (Lipinski definition) is 2. The first-order valence-corrected chi connectivity index (χ1v) is 12.8. The van der Waals surface area contributed by atoms with Crippen LogP contribution in [-0.4, -0.2) is 30.2 Å². The molecule has 0 amide bonds. The Morgan fingerprint density at radius 2 is 1.87 bits per heavy atom. The van der Waals surface area contributed by atoms with Gasteiger partial charge in [0, 0.05) is 19.2 Å². The van der Waals surface area contributed by atoms with Gasteiger partial charge in [-0.15, -0.1) is 0 Å². The molecule has 0 radical (unpaired) electrons. The molecular formula is C27H30FN5O5. The van der Waals surface area contributed by atoms with Crippen LogP contribution >= 0.6 is 0 Å². The van der Waals surface area contributed by atoms with Gasteiger partial charge in [-0.05, 0) is 80.2 Å². The first kappa shape index (κ1) is 25.6. The molecule has 38 heavy (non-hydrogen) atoms. The molecule has 2 saturated carbocycles. The van der Waals surface area contributed by atoms with Crippen molar-refractivity contribution in [1.82, 2.24) is 19.1 Å². The highest BCUT2D eigenvalue weighted by molar-refractivity contribution is 5.69. The van der Waals surface area contributed by atoms with E-state index in [0.717, 1.165) is 30.3 Å². The van der Waals surface area contributed by atoms with E-state index in [1.807, 2.05) is 0 Å². The number of aromatic amines is 1. The van der Waals surface area contributed by atoms with Crippen LogP contribution in [-0.2, 0) is 17.9 Å². The third-order valence-corrected chi connectivity index (χ3v) is 7.61. The fraction of sp³-hybridized carbons (Fsp3) is 0.444. The lowest BCUT2D eigenvalue weighted by Crippen LogP contribution is -2.51. The number of hydrogen-bond acceptors (Lipinski definition) is 6. The molecule has 10 nitrogen and oxygen atoms in total. The van der Waals surface area contributed by atoms with E-state index < -0.39 is 29.2 Å². The van der Waals surface area contributed by atoms with Crippen LogP contribution in [0.5, 0.6) is 11.6 Å². The summed E-state index contributed by atoms with van der Waals surface area (Å²) in [5.74, 6) is -1.86. The zero-order valence-corrected chi connectivity index (χ0v) is 21.1. The molecule has 2 aliphatic carbocycles. The van der Waals surface area contributed by atoms with Crippen molar-refractivity contribution in [2.75, 3.05) is 0 Å². The van der Waals surface area contributed by atoms with E-state index in [-0.39, 0.29) is 24.0 Å². The standard InChI is InChI=1S/C27H30FN5O5/c1-17(23(34)35)15-33-25(36)31-24(32(26(33)37)16-18-9-11-27(12-10-18)13-14-27)29-19-5-7-20(8-6-19)38-22-4-2-3-21(28)30-22/h2-8,17-18H,9-16H2,1H3,(H,34,35)(H,29,31,36)/t17-/m0/s1. The van der Waals surface area contributed by atoms with E-state index in [2.05, 4.69) is 15.0 Å². The average molecular weight is 524 g/mol. The molecule has 0 unspecified atom stereocenters. The molecule has 0 saturated heterocycles. The molecule has 1 spiro atoms. The quantitative estimate of drug-likeness (QED) is 0.434. The number of carboxylic acid groups (broad SMARTS) is 1. The van der Waals surface area contributed by atoms with Crippen LogP contribution in [0.3, 0.4) is 0 Å². The van der Waals surface area contributed by atoms with E-state index in [1.165, 1.54) is 42.5 Å². The summed E-state index contributed by atoms with van der Waals surface area (Å²) in [5.41, 5.74) is -0.223. The average Bonchev–Trinajstić information content (AvgIpc) is 3.65. The summed E-state index contributed by atoms with van der Waals surface area (Å²) in [7, 11) is 0. The van der Waals surface area contributed by atoms with Crippen molar-refractivity contribution in [2.45, 2.75) is 58.5 Å². The molecule has 2 N–H and O–H groups in total. The second kappa shape index (κ2) is 10.4. The Morgan fingerprint density at radius 3 is 2.50 bits per heavy atom. The number of pyridine rings is 1. The van der Waals surface area contributed by atoms with Gasteiger partial charge in [0.05, 0.1) is 11.6 Å². The second-order valence-electron chi connectivity index (χ2n) is 10.4. The number of carbonyl (C=O) groups is 1. The normalized spacial score (nSPS) is 17.9. The molecule has 200 valence electrons. The molecule has 3 aromatic rings. The molecule has 11 heteroatoms. The first-order chi connectivity index (χ1) is 18.2. The van der Waals surface area contributed by atoms with Crippen molar-refractivity contribution in [1.29, 1.82) is 0 Å². The molecule has 2 aromatic heterocycles. The van der Waals surface area contributed by atoms with Gasteiger partial charge < -0.3 is 9.84 Å². The highest BCUT2D eigenvalue weighted by Gasteiger charge is 2.44. The number of aliphatic carboxylic acids is 1. The zero-order chi connectivity index (χ0) is 26.9. The number of nitrogens with zero attached hydrogens (tertiary/aromatic N) is 4. The Bertz CT molecular complexity index is 1510. The predicted molar refractivity (Wildman–Crippen MR) is 136 cm³/mol. The lowest BCUT2D eigenvalue weighted by atomic mass is 9.80. The zero-order valence-electron chi connectivity index (χ0n) is 21.1. The summed E-state index contributed by atoms with van der Waals surface area (Å²) in [6.45, 7) is 1.60. The lowest BCUT2D eigenvalue weighted by molar-refractivity contribution is -0.141. The van der Waals surface area contributed by atoms with Crippen LogP contribution in [0.2, 0.25) is 0 Å². The van der Waals surface area contributed by atoms with E-state index >= 15 is 0 Å². The van der Waals surface area contributed by atoms with E-state index in [4.69, 9.17) is 4.74 Å². The van der Waals surface area contributed by atoms with Gasteiger partial charge in [-0.1, -0.05) is 13.0 Å². The number of rotatable bonds is 8. The number of benzene rings is 1. The van der Waals surface area contributed by atoms with E-state index in [9.17, 15) is 23.9 Å². The number of H-pyrrole nitrogens is 1. The molecule has 0 aliphatic heterocycles. The van der Waals surface area contributed by atoms with Crippen molar-refractivity contribution >= 4 is 11.7 Å². The monoisotopic (exact) mass is 523 g/mol. The third-order valence-electron chi connectivity index (χ3n) is 7.61. The van der Waals surface area contributed by atoms with Gasteiger partial charge in [0.15, 0.2) is 0 Å². The minimum Gasteiger partial charge on any atom is -0.481 e. The fourth-order valence-electron chi connectivity index (χ4n) is 5.01. The smallest absolute Gasteiger partial charge is 0.335 e. The van der Waals surface area contributed by atoms with Crippen molar-refractivity contribution in [3.8, 4) is 11.6 Å². The maximum atomic E-state index is 13.5. The van der Waals surface area contributed by atoms with Crippen molar-refractivity contribution < 1.29 is 19.0 Å². The van der Waals surface area contributed by atoms with Gasteiger partial charge in [-0.2, -0.15) is 9.37 Å². The fourth-order valence-corrected chi connectivity index (χ4v) is 5.01. The van der Waals surface area contributed by atoms with E-state index in [0.29, 0.717) is 23.4 Å². The Morgan fingerprint density at radius 1 is 1.16 bits per heavy atom. The topological polar surface area (TPSA) is 132 Å². The van der Waals surface area contributed by atoms with Crippen LogP contribution in [0.1, 0.15) is 45.4 Å². The summed E-state index contributed by atoms with van der Waals surface area (Å²) in [6, 6.07) is 10.8. The second-order valence-corrected chi connectivity index (χ2v) is 10.4. The molecule has 1 aromatic carbocycles. The summed E-state index contributed by atoms with van der Waals surface area (Å²) in [6.07, 6.45) is 6.83. The minimum atomic E-state index is -1.09. The number of ether oxygens (including phenoxy) is 1. The Labute approximate surface area is 217 Å². The molecule has 2 heterocycles. The Kier molecular flexibility index (Phi) is 7.00. The molecule has 5 rings (SSSR count). The Hall–Kier alpha value is -4.02. The highest BCUT2D eigenvalue weighted by Crippen LogP contribution is 2.57. The number of aromatic nitrogens is 4. The van der Waals surface area contributed by atoms with Gasteiger partial charge in [-0.25, -0.2) is 19.1 Å². The third kappa shape index (κ3) is 5.76. The number of halogens is 1. The summed E-state index contributed by atoms with van der Waals surface area (Å²) in [5, 5.41) is 9.30. The van der Waals surface area contributed by atoms with Crippen LogP contribution < -0.4 is 21.7 Å². The minimum absolute atomic E-state index is 0.103. The van der Waals surface area contributed by atoms with Crippen molar-refractivity contribution in [3.63, 3.8) is 0 Å². The molecule has 2 fully saturated rings. The predicted octanol–water partition coefficient (Wildman–Crippen LogP) is 3.59. The highest BCUT2D eigenvalue weighted by atomic mass is 19.1. The van der Waals surface area contributed by atoms with Crippen LogP contribution in [0.25, 0.3) is 0 Å². The summed E-state index contributed by atoms with van der Waals surface area (Å²) < 4.78 is 21.3. The lowest BCUT2D eigenvalue weighted by Gasteiger charge is -2.28. The van der Waals surface area contributed by atoms with Crippen LogP contribution in [0.4, 0.5) is 10.1 Å². The molecule has 0 bridgehead atoms. The maximum Gasteiger partial charge on any atom is 0.335 e. The molecule has 2 aliphatic rings. The SMILES string of the molecule is C[C@@H](Cn1c(=O)[nH]/c(=N\c2ccc(Oc3cccc(F)n3)cc2)n(CC2CCC3(CC2)CC3)c1=O)C(=O)O. The van der Waals surface area contributed by atoms with Gasteiger partial charge in [-0.3, -0.25) is 14.3 Å². The summed E-state index contributed by atoms with van der Waals surface area (Å²) in [4.78, 5) is 48.5. The summed E-state index contributed by atoms with van der Waals surface area (Å²) >= 11 is 0. The van der Waals surface area contributed by atoms with Gasteiger partial charge >= 0.3 is 17.3 Å². The van der Waals surface area contributed by atoms with Gasteiger partial charge in [0.25, 0.3) is 0 Å². The van der Waals surface area contributed by atoms with Crippen LogP contribution in [0, 0.1) is 23.2 Å². The first-order valence-electron chi connectivity index (χ1n) is 12.8. The molecular weight excluding hydrogens is 493 g/mol. The van der Waals surface area contributed by atoms with Gasteiger partial charge in [0.1, 0.15) is 5.75 Å². The van der Waals surface area contributed by atoms with Gasteiger partial charge in [0.2, 0.25) is 17.4 Å². The van der Waals surface area contributed by atoms with Crippen molar-refractivity contribution in [2.24, 2.45) is 22.2 Å². The van der Waals surface area contributed by atoms with E-state index in [1.54, 1.807) is 24.3 Å². The van der Waals surface area contributed by atoms with Crippen molar-refractivity contribution in [3.05, 3.63) is 75.0 Å². The largest absolute Gasteiger partial charge is 0.481 e. The van der Waals surface area contributed by atoms with Crippen LogP contribution in [0.15, 0.2) is 57.0 Å². The number of carboxylic acids is 1.